The van der Waals surface area contributed by atoms with Gasteiger partial charge in [0.1, 0.15) is 11.9 Å². The van der Waals surface area contributed by atoms with Crippen molar-refractivity contribution in [3.05, 3.63) is 35.9 Å². The highest BCUT2D eigenvalue weighted by atomic mass is 16.5. The minimum absolute atomic E-state index is 0.209. The minimum atomic E-state index is -0.271. The van der Waals surface area contributed by atoms with Crippen molar-refractivity contribution in [3.8, 4) is 5.75 Å². The quantitative estimate of drug-likeness (QED) is 0.732. The molecule has 0 aliphatic carbocycles. The van der Waals surface area contributed by atoms with E-state index < -0.39 is 0 Å². The van der Waals surface area contributed by atoms with Crippen LogP contribution < -0.4 is 4.74 Å². The lowest BCUT2D eigenvalue weighted by Crippen LogP contribution is -2.08. The lowest BCUT2D eigenvalue weighted by molar-refractivity contribution is -0.143. The zero-order valence-electron chi connectivity index (χ0n) is 9.77. The zero-order valence-corrected chi connectivity index (χ0v) is 9.77. The SMILES string of the molecule is COc1ccc(/C=C/C(C)OC(C)=O)cc1. The van der Waals surface area contributed by atoms with Gasteiger partial charge in [-0.3, -0.25) is 4.79 Å². The molecule has 0 saturated carbocycles. The summed E-state index contributed by atoms with van der Waals surface area (Å²) in [5, 5.41) is 0. The average molecular weight is 220 g/mol. The molecule has 0 saturated heterocycles. The number of hydrogen-bond acceptors (Lipinski definition) is 3. The van der Waals surface area contributed by atoms with Gasteiger partial charge in [-0.25, -0.2) is 0 Å². The molecule has 0 radical (unpaired) electrons. The summed E-state index contributed by atoms with van der Waals surface area (Å²) in [4.78, 5) is 10.7. The van der Waals surface area contributed by atoms with Crippen LogP contribution in [0.25, 0.3) is 6.08 Å². The average Bonchev–Trinajstić information content (AvgIpc) is 2.26. The van der Waals surface area contributed by atoms with E-state index in [1.807, 2.05) is 43.3 Å². The highest BCUT2D eigenvalue weighted by molar-refractivity contribution is 5.66. The summed E-state index contributed by atoms with van der Waals surface area (Å²) in [6.45, 7) is 3.22. The van der Waals surface area contributed by atoms with E-state index in [0.29, 0.717) is 0 Å². The topological polar surface area (TPSA) is 35.5 Å². The van der Waals surface area contributed by atoms with Gasteiger partial charge in [-0.1, -0.05) is 18.2 Å². The fourth-order valence-corrected chi connectivity index (χ4v) is 1.26. The van der Waals surface area contributed by atoms with Gasteiger partial charge < -0.3 is 9.47 Å². The first-order valence-electron chi connectivity index (χ1n) is 5.11. The highest BCUT2D eigenvalue weighted by Gasteiger charge is 1.99. The number of esters is 1. The molecule has 3 heteroatoms. The third kappa shape index (κ3) is 4.17. The molecule has 0 fully saturated rings. The van der Waals surface area contributed by atoms with Gasteiger partial charge in [-0.2, -0.15) is 0 Å². The van der Waals surface area contributed by atoms with E-state index in [9.17, 15) is 4.79 Å². The molecule has 16 heavy (non-hydrogen) atoms. The first-order chi connectivity index (χ1) is 7.61. The third-order valence-corrected chi connectivity index (χ3v) is 2.03. The second kappa shape index (κ2) is 5.95. The largest absolute Gasteiger partial charge is 0.497 e. The van der Waals surface area contributed by atoms with Crippen LogP contribution in [0.1, 0.15) is 19.4 Å². The number of ether oxygens (including phenoxy) is 2. The Morgan fingerprint density at radius 3 is 2.44 bits per heavy atom. The van der Waals surface area contributed by atoms with E-state index in [2.05, 4.69) is 0 Å². The Hall–Kier alpha value is -1.77. The van der Waals surface area contributed by atoms with Crippen LogP contribution in [0.2, 0.25) is 0 Å². The van der Waals surface area contributed by atoms with E-state index in [1.54, 1.807) is 7.11 Å². The fourth-order valence-electron chi connectivity index (χ4n) is 1.26. The molecule has 1 rings (SSSR count). The normalized spacial score (nSPS) is 12.4. The van der Waals surface area contributed by atoms with Crippen molar-refractivity contribution in [2.45, 2.75) is 20.0 Å². The van der Waals surface area contributed by atoms with Crippen LogP contribution in [0.4, 0.5) is 0 Å². The Kier molecular flexibility index (Phi) is 4.58. The lowest BCUT2D eigenvalue weighted by Gasteiger charge is -2.06. The van der Waals surface area contributed by atoms with Crippen molar-refractivity contribution in [2.75, 3.05) is 7.11 Å². The van der Waals surface area contributed by atoms with Gasteiger partial charge in [0.15, 0.2) is 0 Å². The molecule has 86 valence electrons. The standard InChI is InChI=1S/C13H16O3/c1-10(16-11(2)14)4-5-12-6-8-13(15-3)9-7-12/h4-10H,1-3H3/b5-4+. The number of carbonyl (C=O) groups excluding carboxylic acids is 1. The molecule has 0 spiro atoms. The number of rotatable bonds is 4. The first-order valence-corrected chi connectivity index (χ1v) is 5.11. The molecule has 0 aliphatic rings. The maximum Gasteiger partial charge on any atom is 0.303 e. The molecule has 1 atom stereocenters. The fraction of sp³-hybridized carbons (Fsp3) is 0.308. The summed E-state index contributed by atoms with van der Waals surface area (Å²) >= 11 is 0. The Morgan fingerprint density at radius 2 is 1.94 bits per heavy atom. The summed E-state index contributed by atoms with van der Waals surface area (Å²) in [5.74, 6) is 0.553. The maximum absolute atomic E-state index is 10.7. The number of benzene rings is 1. The zero-order chi connectivity index (χ0) is 12.0. The first kappa shape index (κ1) is 12.3. The Morgan fingerprint density at radius 1 is 1.31 bits per heavy atom. The molecule has 0 amide bonds. The summed E-state index contributed by atoms with van der Waals surface area (Å²) in [6, 6.07) is 7.65. The summed E-state index contributed by atoms with van der Waals surface area (Å²) in [6.07, 6.45) is 3.54. The van der Waals surface area contributed by atoms with Gasteiger partial charge in [0.2, 0.25) is 0 Å². The van der Waals surface area contributed by atoms with Crippen LogP contribution in [-0.2, 0) is 9.53 Å². The van der Waals surface area contributed by atoms with Crippen LogP contribution in [0.3, 0.4) is 0 Å². The minimum Gasteiger partial charge on any atom is -0.497 e. The van der Waals surface area contributed by atoms with E-state index in [0.717, 1.165) is 11.3 Å². The van der Waals surface area contributed by atoms with Crippen molar-refractivity contribution in [1.82, 2.24) is 0 Å². The van der Waals surface area contributed by atoms with Crippen molar-refractivity contribution >= 4 is 12.0 Å². The van der Waals surface area contributed by atoms with E-state index in [-0.39, 0.29) is 12.1 Å². The lowest BCUT2D eigenvalue weighted by atomic mass is 10.2. The molecule has 1 aromatic carbocycles. The summed E-state index contributed by atoms with van der Waals surface area (Å²) in [5.41, 5.74) is 1.04. The van der Waals surface area contributed by atoms with Crippen molar-refractivity contribution < 1.29 is 14.3 Å². The molecule has 3 nitrogen and oxygen atoms in total. The number of methoxy groups -OCH3 is 1. The third-order valence-electron chi connectivity index (χ3n) is 2.03. The smallest absolute Gasteiger partial charge is 0.303 e. The highest BCUT2D eigenvalue weighted by Crippen LogP contribution is 2.12. The summed E-state index contributed by atoms with van der Waals surface area (Å²) in [7, 11) is 1.63. The van der Waals surface area contributed by atoms with Gasteiger partial charge in [0.25, 0.3) is 0 Å². The van der Waals surface area contributed by atoms with Gasteiger partial charge in [0, 0.05) is 6.92 Å². The maximum atomic E-state index is 10.7. The van der Waals surface area contributed by atoms with Crippen LogP contribution in [0.15, 0.2) is 30.3 Å². The monoisotopic (exact) mass is 220 g/mol. The Balaban J connectivity index is 2.58. The van der Waals surface area contributed by atoms with E-state index in [4.69, 9.17) is 9.47 Å². The van der Waals surface area contributed by atoms with Crippen LogP contribution in [-0.4, -0.2) is 19.2 Å². The second-order valence-corrected chi connectivity index (χ2v) is 3.45. The second-order valence-electron chi connectivity index (χ2n) is 3.45. The molecule has 0 bridgehead atoms. The molecule has 1 unspecified atom stereocenters. The molecule has 1 aromatic rings. The van der Waals surface area contributed by atoms with E-state index in [1.165, 1.54) is 6.92 Å². The van der Waals surface area contributed by atoms with Gasteiger partial charge in [0.05, 0.1) is 7.11 Å². The molecular weight excluding hydrogens is 204 g/mol. The molecule has 0 heterocycles. The van der Waals surface area contributed by atoms with Crippen LogP contribution in [0.5, 0.6) is 5.75 Å². The van der Waals surface area contributed by atoms with Crippen molar-refractivity contribution in [2.24, 2.45) is 0 Å². The Labute approximate surface area is 95.7 Å². The number of carbonyl (C=O) groups is 1. The molecular formula is C13H16O3. The van der Waals surface area contributed by atoms with E-state index >= 15 is 0 Å². The van der Waals surface area contributed by atoms with Crippen LogP contribution in [0, 0.1) is 0 Å². The van der Waals surface area contributed by atoms with Gasteiger partial charge >= 0.3 is 5.97 Å². The molecule has 0 aliphatic heterocycles. The predicted molar refractivity (Wildman–Crippen MR) is 63.3 cm³/mol. The Bertz CT molecular complexity index is 365. The molecule has 0 aromatic heterocycles. The number of hydrogen-bond donors (Lipinski definition) is 0. The molecule has 0 N–H and O–H groups in total. The van der Waals surface area contributed by atoms with Crippen molar-refractivity contribution in [3.63, 3.8) is 0 Å². The van der Waals surface area contributed by atoms with Crippen molar-refractivity contribution in [1.29, 1.82) is 0 Å². The van der Waals surface area contributed by atoms with Crippen LogP contribution >= 0.6 is 0 Å². The van der Waals surface area contributed by atoms with Gasteiger partial charge in [-0.15, -0.1) is 0 Å². The predicted octanol–water partition coefficient (Wildman–Crippen LogP) is 2.66. The van der Waals surface area contributed by atoms with Gasteiger partial charge in [-0.05, 0) is 30.7 Å². The summed E-state index contributed by atoms with van der Waals surface area (Å²) < 4.78 is 10.0.